The van der Waals surface area contributed by atoms with Gasteiger partial charge in [0.1, 0.15) is 0 Å². The van der Waals surface area contributed by atoms with Crippen LogP contribution in [0.25, 0.3) is 0 Å². The van der Waals surface area contributed by atoms with E-state index in [1.165, 1.54) is 12.8 Å². The van der Waals surface area contributed by atoms with Gasteiger partial charge in [-0.3, -0.25) is 9.69 Å². The highest BCUT2D eigenvalue weighted by Crippen LogP contribution is 2.17. The van der Waals surface area contributed by atoms with Crippen molar-refractivity contribution in [1.82, 2.24) is 9.80 Å². The molecule has 2 saturated heterocycles. The fourth-order valence-electron chi connectivity index (χ4n) is 2.85. The van der Waals surface area contributed by atoms with Gasteiger partial charge in [-0.2, -0.15) is 0 Å². The molecule has 0 bridgehead atoms. The molecule has 1 atom stereocenters. The minimum atomic E-state index is -0.318. The predicted molar refractivity (Wildman–Crippen MR) is 89.3 cm³/mol. The first-order valence-corrected chi connectivity index (χ1v) is 7.55. The Balaban J connectivity index is 0.00000200. The normalized spacial score (nSPS) is 22.1. The molecule has 0 aliphatic carbocycles. The zero-order chi connectivity index (χ0) is 13.7. The Morgan fingerprint density at radius 2 is 1.76 bits per heavy atom. The van der Waals surface area contributed by atoms with Crippen molar-refractivity contribution >= 4 is 30.7 Å². The minimum absolute atomic E-state index is 0. The molecule has 2 fully saturated rings. The van der Waals surface area contributed by atoms with Crippen molar-refractivity contribution < 1.29 is 9.53 Å². The molecule has 2 aliphatic rings. The molecule has 0 unspecified atom stereocenters. The number of nitrogens with zero attached hydrogens (tertiary/aromatic N) is 2. The van der Waals surface area contributed by atoms with Crippen LogP contribution >= 0.6 is 24.8 Å². The second-order valence-corrected chi connectivity index (χ2v) is 5.70. The maximum Gasteiger partial charge on any atom is 0.239 e. The highest BCUT2D eigenvalue weighted by molar-refractivity contribution is 5.85. The number of nitrogens with two attached hydrogens (primary N) is 1. The molecule has 0 aromatic rings. The number of piperazine rings is 1. The van der Waals surface area contributed by atoms with E-state index in [4.69, 9.17) is 10.5 Å². The van der Waals surface area contributed by atoms with Crippen LogP contribution in [0.15, 0.2) is 0 Å². The van der Waals surface area contributed by atoms with Crippen LogP contribution < -0.4 is 5.73 Å². The molecule has 2 rings (SSSR count). The number of halogens is 2. The molecule has 0 aromatic carbocycles. The average Bonchev–Trinajstić information content (AvgIpc) is 2.47. The van der Waals surface area contributed by atoms with E-state index in [-0.39, 0.29) is 36.8 Å². The van der Waals surface area contributed by atoms with E-state index in [9.17, 15) is 4.79 Å². The molecule has 0 saturated carbocycles. The minimum Gasteiger partial charge on any atom is -0.381 e. The first-order chi connectivity index (χ1) is 9.20. The van der Waals surface area contributed by atoms with Gasteiger partial charge in [0.05, 0.1) is 6.04 Å². The predicted octanol–water partition coefficient (Wildman–Crippen LogP) is 1.14. The van der Waals surface area contributed by atoms with Gasteiger partial charge in [0, 0.05) is 45.9 Å². The summed E-state index contributed by atoms with van der Waals surface area (Å²) in [7, 11) is 0. The zero-order valence-electron chi connectivity index (χ0n) is 12.8. The van der Waals surface area contributed by atoms with Gasteiger partial charge in [-0.1, -0.05) is 6.92 Å². The van der Waals surface area contributed by atoms with Gasteiger partial charge >= 0.3 is 0 Å². The number of ether oxygens (including phenoxy) is 1. The maximum atomic E-state index is 12.0. The standard InChI is InChI=1S/C14H27N3O2.2ClH/c1-2-13(15)14(18)17-7-5-16(6-8-17)11-12-3-9-19-10-4-12;;/h12-13H,2-11,15H2,1H3;2*1H/t13-;;/m0../s1. The molecule has 2 N–H and O–H groups in total. The topological polar surface area (TPSA) is 58.8 Å². The highest BCUT2D eigenvalue weighted by Gasteiger charge is 2.25. The summed E-state index contributed by atoms with van der Waals surface area (Å²) in [6, 6.07) is -0.318. The lowest BCUT2D eigenvalue weighted by atomic mass is 9.99. The SMILES string of the molecule is CC[C@H](N)C(=O)N1CCN(CC2CCOCC2)CC1.Cl.Cl. The van der Waals surface area contributed by atoms with E-state index in [1.54, 1.807) is 0 Å². The lowest BCUT2D eigenvalue weighted by Crippen LogP contribution is -2.53. The van der Waals surface area contributed by atoms with E-state index in [2.05, 4.69) is 4.90 Å². The summed E-state index contributed by atoms with van der Waals surface area (Å²) in [4.78, 5) is 16.4. The number of hydrogen-bond donors (Lipinski definition) is 1. The van der Waals surface area contributed by atoms with Gasteiger partial charge in [-0.05, 0) is 25.2 Å². The van der Waals surface area contributed by atoms with Crippen LogP contribution in [0.4, 0.5) is 0 Å². The van der Waals surface area contributed by atoms with Crippen LogP contribution in [0, 0.1) is 5.92 Å². The molecule has 0 radical (unpaired) electrons. The summed E-state index contributed by atoms with van der Waals surface area (Å²) >= 11 is 0. The van der Waals surface area contributed by atoms with Gasteiger partial charge in [-0.15, -0.1) is 24.8 Å². The van der Waals surface area contributed by atoms with Crippen LogP contribution in [0.3, 0.4) is 0 Å². The van der Waals surface area contributed by atoms with E-state index < -0.39 is 0 Å². The van der Waals surface area contributed by atoms with Crippen LogP contribution in [0.2, 0.25) is 0 Å². The quantitative estimate of drug-likeness (QED) is 0.832. The van der Waals surface area contributed by atoms with Crippen molar-refractivity contribution in [3.05, 3.63) is 0 Å². The zero-order valence-corrected chi connectivity index (χ0v) is 14.5. The maximum absolute atomic E-state index is 12.0. The van der Waals surface area contributed by atoms with Crippen LogP contribution in [-0.4, -0.2) is 67.7 Å². The third-order valence-corrected chi connectivity index (χ3v) is 4.30. The van der Waals surface area contributed by atoms with Gasteiger partial charge < -0.3 is 15.4 Å². The molecular weight excluding hydrogens is 313 g/mol. The van der Waals surface area contributed by atoms with Gasteiger partial charge in [0.2, 0.25) is 5.91 Å². The van der Waals surface area contributed by atoms with E-state index in [1.807, 2.05) is 11.8 Å². The summed E-state index contributed by atoms with van der Waals surface area (Å²) in [5, 5.41) is 0. The molecule has 126 valence electrons. The van der Waals surface area contributed by atoms with E-state index in [0.29, 0.717) is 0 Å². The molecule has 21 heavy (non-hydrogen) atoms. The monoisotopic (exact) mass is 341 g/mol. The van der Waals surface area contributed by atoms with Crippen molar-refractivity contribution in [3.63, 3.8) is 0 Å². The van der Waals surface area contributed by atoms with Gasteiger partial charge in [-0.25, -0.2) is 0 Å². The van der Waals surface area contributed by atoms with Crippen molar-refractivity contribution in [2.75, 3.05) is 45.9 Å². The Bertz CT molecular complexity index is 294. The third kappa shape index (κ3) is 6.28. The summed E-state index contributed by atoms with van der Waals surface area (Å²) in [5.41, 5.74) is 5.81. The molecular formula is C14H29Cl2N3O2. The largest absolute Gasteiger partial charge is 0.381 e. The molecule has 7 heteroatoms. The number of carbonyl (C=O) groups excluding carboxylic acids is 1. The smallest absolute Gasteiger partial charge is 0.239 e. The Hall–Kier alpha value is -0.0700. The molecule has 0 aromatic heterocycles. The third-order valence-electron chi connectivity index (χ3n) is 4.30. The number of carbonyl (C=O) groups is 1. The van der Waals surface area contributed by atoms with Crippen molar-refractivity contribution in [2.45, 2.75) is 32.2 Å². The van der Waals surface area contributed by atoms with Crippen molar-refractivity contribution in [1.29, 1.82) is 0 Å². The molecule has 1 amide bonds. The van der Waals surface area contributed by atoms with Crippen LogP contribution in [0.1, 0.15) is 26.2 Å². The highest BCUT2D eigenvalue weighted by atomic mass is 35.5. The fraction of sp³-hybridized carbons (Fsp3) is 0.929. The number of rotatable bonds is 4. The Morgan fingerprint density at radius 1 is 1.19 bits per heavy atom. The van der Waals surface area contributed by atoms with E-state index >= 15 is 0 Å². The summed E-state index contributed by atoms with van der Waals surface area (Å²) in [6.07, 6.45) is 3.08. The first-order valence-electron chi connectivity index (χ1n) is 7.55. The van der Waals surface area contributed by atoms with Crippen LogP contribution in [0.5, 0.6) is 0 Å². The molecule has 0 spiro atoms. The molecule has 5 nitrogen and oxygen atoms in total. The Morgan fingerprint density at radius 3 is 2.29 bits per heavy atom. The lowest BCUT2D eigenvalue weighted by molar-refractivity contribution is -0.134. The first kappa shape index (κ1) is 20.9. The lowest BCUT2D eigenvalue weighted by Gasteiger charge is -2.38. The molecule has 2 heterocycles. The second-order valence-electron chi connectivity index (χ2n) is 5.70. The summed E-state index contributed by atoms with van der Waals surface area (Å²) in [6.45, 7) is 8.57. The number of hydrogen-bond acceptors (Lipinski definition) is 4. The Labute approximate surface area is 140 Å². The van der Waals surface area contributed by atoms with Gasteiger partial charge in [0.15, 0.2) is 0 Å². The van der Waals surface area contributed by atoms with Gasteiger partial charge in [0.25, 0.3) is 0 Å². The number of amides is 1. The fourth-order valence-corrected chi connectivity index (χ4v) is 2.85. The summed E-state index contributed by atoms with van der Waals surface area (Å²) in [5.74, 6) is 0.891. The Kier molecular flexibility index (Phi) is 10.6. The second kappa shape index (κ2) is 10.6. The van der Waals surface area contributed by atoms with Crippen molar-refractivity contribution in [3.8, 4) is 0 Å². The van der Waals surface area contributed by atoms with Crippen molar-refractivity contribution in [2.24, 2.45) is 11.7 Å². The van der Waals surface area contributed by atoms with E-state index in [0.717, 1.165) is 58.3 Å². The van der Waals surface area contributed by atoms with Crippen LogP contribution in [-0.2, 0) is 9.53 Å². The molecule has 2 aliphatic heterocycles. The summed E-state index contributed by atoms with van der Waals surface area (Å²) < 4.78 is 5.39. The average molecular weight is 342 g/mol.